The number of hydrogen-bond acceptors (Lipinski definition) is 5. The summed E-state index contributed by atoms with van der Waals surface area (Å²) in [5.41, 5.74) is 0.799. The summed E-state index contributed by atoms with van der Waals surface area (Å²) in [4.78, 5) is 34.7. The molecule has 0 aliphatic rings. The highest BCUT2D eigenvalue weighted by molar-refractivity contribution is 6.32. The van der Waals surface area contributed by atoms with E-state index in [9.17, 15) is 14.9 Å². The van der Waals surface area contributed by atoms with Crippen molar-refractivity contribution in [3.63, 3.8) is 0 Å². The Hall–Kier alpha value is -3.82. The molecule has 0 fully saturated rings. The van der Waals surface area contributed by atoms with Crippen molar-refractivity contribution < 1.29 is 4.79 Å². The number of benzene rings is 2. The number of halogens is 1. The summed E-state index contributed by atoms with van der Waals surface area (Å²) in [5.74, 6) is -0.188. The third kappa shape index (κ3) is 3.40. The molecule has 0 bridgehead atoms. The Labute approximate surface area is 170 Å². The summed E-state index contributed by atoms with van der Waals surface area (Å²) >= 11 is 6.33. The lowest BCUT2D eigenvalue weighted by atomic mass is 10.1. The summed E-state index contributed by atoms with van der Waals surface area (Å²) in [5, 5.41) is 10.0. The first-order valence-corrected chi connectivity index (χ1v) is 9.12. The Bertz CT molecular complexity index is 1360. The van der Waals surface area contributed by atoms with Crippen LogP contribution in [-0.4, -0.2) is 20.3 Å². The summed E-state index contributed by atoms with van der Waals surface area (Å²) in [6.45, 7) is 0. The van der Waals surface area contributed by atoms with Crippen LogP contribution in [0.2, 0.25) is 5.02 Å². The fourth-order valence-corrected chi connectivity index (χ4v) is 3.34. The predicted octanol–water partition coefficient (Wildman–Crippen LogP) is 3.73. The van der Waals surface area contributed by atoms with Crippen LogP contribution in [0.25, 0.3) is 16.6 Å². The lowest BCUT2D eigenvalue weighted by Crippen LogP contribution is -2.26. The van der Waals surface area contributed by atoms with E-state index < -0.39 is 5.78 Å². The van der Waals surface area contributed by atoms with Gasteiger partial charge in [0.25, 0.3) is 5.56 Å². The Morgan fingerprint density at radius 1 is 1.07 bits per heavy atom. The minimum Gasteiger partial charge on any atom is -0.292 e. The van der Waals surface area contributed by atoms with Crippen LogP contribution in [0.5, 0.6) is 0 Å². The Morgan fingerprint density at radius 2 is 1.83 bits per heavy atom. The number of rotatable bonds is 4. The number of hydrogen-bond donors (Lipinski definition) is 0. The maximum absolute atomic E-state index is 13.2. The zero-order valence-electron chi connectivity index (χ0n) is 15.0. The molecule has 2 aromatic heterocycles. The van der Waals surface area contributed by atoms with Gasteiger partial charge in [0.15, 0.2) is 5.78 Å². The summed E-state index contributed by atoms with van der Waals surface area (Å²) in [6.07, 6.45) is 1.24. The SMILES string of the molecule is N#Cc1cccnc1C(=O)Cc1nc2ccccc2c(=O)n1-c1ccccc1Cl. The average Bonchev–Trinajstić information content (AvgIpc) is 2.75. The molecule has 0 aliphatic heterocycles. The highest BCUT2D eigenvalue weighted by atomic mass is 35.5. The second-order valence-electron chi connectivity index (χ2n) is 6.25. The maximum atomic E-state index is 13.2. The molecule has 0 saturated heterocycles. The molecule has 0 N–H and O–H groups in total. The lowest BCUT2D eigenvalue weighted by molar-refractivity contribution is 0.0985. The Balaban J connectivity index is 1.93. The van der Waals surface area contributed by atoms with Crippen LogP contribution < -0.4 is 5.56 Å². The molecular weight excluding hydrogens is 388 g/mol. The van der Waals surface area contributed by atoms with Crippen LogP contribution in [0, 0.1) is 11.3 Å². The van der Waals surface area contributed by atoms with E-state index in [1.54, 1.807) is 54.6 Å². The minimum absolute atomic E-state index is 0.0446. The van der Waals surface area contributed by atoms with E-state index in [0.29, 0.717) is 21.6 Å². The molecule has 0 radical (unpaired) electrons. The van der Waals surface area contributed by atoms with Crippen LogP contribution >= 0.6 is 11.6 Å². The number of pyridine rings is 1. The number of ketones is 1. The van der Waals surface area contributed by atoms with Crippen LogP contribution in [-0.2, 0) is 6.42 Å². The van der Waals surface area contributed by atoms with E-state index in [0.717, 1.165) is 0 Å². The molecule has 7 heteroatoms. The molecule has 0 atom stereocenters. The monoisotopic (exact) mass is 400 g/mol. The first-order chi connectivity index (χ1) is 14.1. The molecule has 4 aromatic rings. The summed E-state index contributed by atoms with van der Waals surface area (Å²) < 4.78 is 1.34. The highest BCUT2D eigenvalue weighted by Gasteiger charge is 2.20. The largest absolute Gasteiger partial charge is 0.292 e. The number of aromatic nitrogens is 3. The summed E-state index contributed by atoms with van der Waals surface area (Å²) in [7, 11) is 0. The lowest BCUT2D eigenvalue weighted by Gasteiger charge is -2.14. The van der Waals surface area contributed by atoms with E-state index in [1.165, 1.54) is 16.8 Å². The van der Waals surface area contributed by atoms with Crippen molar-refractivity contribution in [1.29, 1.82) is 5.26 Å². The van der Waals surface area contributed by atoms with Crippen molar-refractivity contribution in [2.24, 2.45) is 0 Å². The highest BCUT2D eigenvalue weighted by Crippen LogP contribution is 2.22. The molecule has 0 amide bonds. The maximum Gasteiger partial charge on any atom is 0.266 e. The molecular formula is C22H13ClN4O2. The third-order valence-corrected chi connectivity index (χ3v) is 4.77. The van der Waals surface area contributed by atoms with Gasteiger partial charge in [-0.3, -0.25) is 19.1 Å². The van der Waals surface area contributed by atoms with Crippen molar-refractivity contribution in [2.45, 2.75) is 6.42 Å². The smallest absolute Gasteiger partial charge is 0.266 e. The van der Waals surface area contributed by atoms with Crippen molar-refractivity contribution in [3.05, 3.63) is 99.3 Å². The van der Waals surface area contributed by atoms with Gasteiger partial charge in [0.1, 0.15) is 17.6 Å². The number of para-hydroxylation sites is 2. The number of carbonyl (C=O) groups excluding carboxylic acids is 1. The van der Waals surface area contributed by atoms with Crippen molar-refractivity contribution in [3.8, 4) is 11.8 Å². The fraction of sp³-hybridized carbons (Fsp3) is 0.0455. The molecule has 0 spiro atoms. The summed E-state index contributed by atoms with van der Waals surface area (Å²) in [6, 6.07) is 18.8. The van der Waals surface area contributed by atoms with Gasteiger partial charge < -0.3 is 0 Å². The van der Waals surface area contributed by atoms with Gasteiger partial charge in [-0.05, 0) is 36.4 Å². The number of nitriles is 1. The van der Waals surface area contributed by atoms with Crippen LogP contribution in [0.15, 0.2) is 71.7 Å². The van der Waals surface area contributed by atoms with Crippen LogP contribution in [0.4, 0.5) is 0 Å². The first-order valence-electron chi connectivity index (χ1n) is 8.74. The predicted molar refractivity (Wildman–Crippen MR) is 109 cm³/mol. The Morgan fingerprint density at radius 3 is 2.62 bits per heavy atom. The number of fused-ring (bicyclic) bond motifs is 1. The van der Waals surface area contributed by atoms with Gasteiger partial charge in [-0.1, -0.05) is 35.9 Å². The quantitative estimate of drug-likeness (QED) is 0.487. The van der Waals surface area contributed by atoms with Crippen molar-refractivity contribution in [1.82, 2.24) is 14.5 Å². The molecule has 6 nitrogen and oxygen atoms in total. The molecule has 0 aliphatic carbocycles. The van der Waals surface area contributed by atoms with Gasteiger partial charge in [0, 0.05) is 6.20 Å². The van der Waals surface area contributed by atoms with Gasteiger partial charge in [0.05, 0.1) is 33.6 Å². The number of carbonyl (C=O) groups is 1. The topological polar surface area (TPSA) is 88.6 Å². The number of Topliss-reactive ketones (excluding diaryl/α,β-unsaturated/α-hetero) is 1. The zero-order valence-corrected chi connectivity index (χ0v) is 15.8. The van der Waals surface area contributed by atoms with Gasteiger partial charge in [-0.15, -0.1) is 0 Å². The first kappa shape index (κ1) is 18.5. The second-order valence-corrected chi connectivity index (χ2v) is 6.66. The molecule has 29 heavy (non-hydrogen) atoms. The third-order valence-electron chi connectivity index (χ3n) is 4.45. The Kier molecular flexibility index (Phi) is 4.90. The van der Waals surface area contributed by atoms with E-state index in [2.05, 4.69) is 9.97 Å². The van der Waals surface area contributed by atoms with E-state index in [4.69, 9.17) is 11.6 Å². The fourth-order valence-electron chi connectivity index (χ4n) is 3.12. The molecule has 2 heterocycles. The van der Waals surface area contributed by atoms with Crippen LogP contribution in [0.1, 0.15) is 21.9 Å². The molecule has 0 unspecified atom stereocenters. The molecule has 4 rings (SSSR count). The average molecular weight is 401 g/mol. The minimum atomic E-state index is -0.412. The van der Waals surface area contributed by atoms with Crippen LogP contribution in [0.3, 0.4) is 0 Å². The van der Waals surface area contributed by atoms with Crippen molar-refractivity contribution >= 4 is 28.3 Å². The molecule has 140 valence electrons. The van der Waals surface area contributed by atoms with E-state index in [-0.39, 0.29) is 29.1 Å². The standard InChI is InChI=1S/C22H13ClN4O2/c23-16-8-2-4-10-18(16)27-20(26-17-9-3-1-7-15(17)22(27)29)12-19(28)21-14(13-24)6-5-11-25-21/h1-11H,12H2. The zero-order chi connectivity index (χ0) is 20.4. The van der Waals surface area contributed by atoms with Gasteiger partial charge in [0.2, 0.25) is 0 Å². The normalized spacial score (nSPS) is 10.6. The van der Waals surface area contributed by atoms with E-state index >= 15 is 0 Å². The van der Waals surface area contributed by atoms with Gasteiger partial charge in [-0.2, -0.15) is 5.26 Å². The van der Waals surface area contributed by atoms with E-state index in [1.807, 2.05) is 6.07 Å². The molecule has 2 aromatic carbocycles. The van der Waals surface area contributed by atoms with Gasteiger partial charge >= 0.3 is 0 Å². The molecule has 0 saturated carbocycles. The second kappa shape index (κ2) is 7.66. The number of nitrogens with zero attached hydrogens (tertiary/aromatic N) is 4. The van der Waals surface area contributed by atoms with Crippen molar-refractivity contribution in [2.75, 3.05) is 0 Å². The van der Waals surface area contributed by atoms with Gasteiger partial charge in [-0.25, -0.2) is 4.98 Å².